The van der Waals surface area contributed by atoms with Gasteiger partial charge in [0.05, 0.1) is 5.56 Å². The van der Waals surface area contributed by atoms with Crippen molar-refractivity contribution in [3.05, 3.63) is 52.4 Å². The number of halogens is 2. The molecule has 0 fully saturated rings. The van der Waals surface area contributed by atoms with E-state index >= 15 is 0 Å². The average Bonchev–Trinajstić information content (AvgIpc) is 2.36. The Labute approximate surface area is 120 Å². The van der Waals surface area contributed by atoms with Gasteiger partial charge >= 0.3 is 5.97 Å². The lowest BCUT2D eigenvalue weighted by Crippen LogP contribution is -2.03. The molecular weight excluding hydrogens is 283 g/mol. The molecule has 0 saturated heterocycles. The quantitative estimate of drug-likeness (QED) is 0.898. The van der Waals surface area contributed by atoms with Gasteiger partial charge in [0.15, 0.2) is 0 Å². The molecule has 4 nitrogen and oxygen atoms in total. The van der Waals surface area contributed by atoms with Gasteiger partial charge in [-0.3, -0.25) is 0 Å². The zero-order valence-electron chi connectivity index (χ0n) is 10.7. The normalized spacial score (nSPS) is 10.3. The summed E-state index contributed by atoms with van der Waals surface area (Å²) in [5.74, 6) is -1.18. The number of carboxylic acids is 1. The molecule has 2 N–H and O–H groups in total. The van der Waals surface area contributed by atoms with Crippen LogP contribution in [0.3, 0.4) is 0 Å². The zero-order chi connectivity index (χ0) is 14.7. The molecule has 2 aromatic rings. The number of carbonyl (C=O) groups is 1. The third kappa shape index (κ3) is 3.45. The highest BCUT2D eigenvalue weighted by molar-refractivity contribution is 6.30. The lowest BCUT2D eigenvalue weighted by Gasteiger charge is -2.09. The highest BCUT2D eigenvalue weighted by Crippen LogP contribution is 2.22. The van der Waals surface area contributed by atoms with Crippen molar-refractivity contribution in [3.63, 3.8) is 0 Å². The molecule has 6 heteroatoms. The van der Waals surface area contributed by atoms with Gasteiger partial charge in [-0.1, -0.05) is 18.5 Å². The minimum Gasteiger partial charge on any atom is -0.478 e. The topological polar surface area (TPSA) is 62.2 Å². The minimum absolute atomic E-state index is 0.127. The highest BCUT2D eigenvalue weighted by atomic mass is 35.5. The highest BCUT2D eigenvalue weighted by Gasteiger charge is 2.08. The molecule has 0 amide bonds. The molecule has 1 aromatic heterocycles. The monoisotopic (exact) mass is 294 g/mol. The maximum Gasteiger partial charge on any atom is 0.335 e. The number of hydrogen-bond acceptors (Lipinski definition) is 3. The van der Waals surface area contributed by atoms with Crippen molar-refractivity contribution in [3.8, 4) is 0 Å². The van der Waals surface area contributed by atoms with Gasteiger partial charge in [0.25, 0.3) is 0 Å². The van der Waals surface area contributed by atoms with Crippen molar-refractivity contribution in [1.29, 1.82) is 0 Å². The van der Waals surface area contributed by atoms with Gasteiger partial charge in [-0.2, -0.15) is 0 Å². The molecule has 0 aliphatic rings. The Morgan fingerprint density at radius 2 is 2.10 bits per heavy atom. The summed E-state index contributed by atoms with van der Waals surface area (Å²) >= 11 is 5.76. The number of aromatic nitrogens is 1. The fourth-order valence-corrected chi connectivity index (χ4v) is 1.95. The minimum atomic E-state index is -1.04. The number of nitrogens with one attached hydrogen (secondary N) is 1. The van der Waals surface area contributed by atoms with E-state index in [1.165, 1.54) is 30.3 Å². The molecule has 0 aliphatic heterocycles. The fraction of sp³-hybridized carbons (Fsp3) is 0.143. The average molecular weight is 295 g/mol. The first kappa shape index (κ1) is 14.3. The smallest absolute Gasteiger partial charge is 0.335 e. The summed E-state index contributed by atoms with van der Waals surface area (Å²) in [4.78, 5) is 15.3. The third-order valence-corrected chi connectivity index (χ3v) is 2.84. The molecular formula is C14H12ClFN2O2. The number of aromatic carboxylic acids is 1. The summed E-state index contributed by atoms with van der Waals surface area (Å²) in [6, 6.07) is 6.87. The van der Waals surface area contributed by atoms with E-state index in [0.29, 0.717) is 23.6 Å². The second kappa shape index (κ2) is 5.88. The van der Waals surface area contributed by atoms with Gasteiger partial charge in [0.2, 0.25) is 0 Å². The van der Waals surface area contributed by atoms with E-state index in [9.17, 15) is 9.18 Å². The summed E-state index contributed by atoms with van der Waals surface area (Å²) in [6.07, 6.45) is 0.597. The molecule has 20 heavy (non-hydrogen) atoms. The van der Waals surface area contributed by atoms with Gasteiger partial charge in [0.1, 0.15) is 11.6 Å². The van der Waals surface area contributed by atoms with Crippen LogP contribution in [-0.4, -0.2) is 16.1 Å². The predicted molar refractivity (Wildman–Crippen MR) is 75.3 cm³/mol. The largest absolute Gasteiger partial charge is 0.478 e. The molecule has 0 spiro atoms. The van der Waals surface area contributed by atoms with Crippen molar-refractivity contribution in [2.24, 2.45) is 0 Å². The van der Waals surface area contributed by atoms with Gasteiger partial charge in [0, 0.05) is 16.4 Å². The van der Waals surface area contributed by atoms with Crippen LogP contribution in [0, 0.1) is 5.82 Å². The molecule has 1 aromatic carbocycles. The third-order valence-electron chi connectivity index (χ3n) is 2.62. The number of aryl methyl sites for hydroxylation is 1. The Hall–Kier alpha value is -2.14. The standard InChI is InChI=1S/C14H12ClFN2O2/c1-2-11-3-8(14(19)20)4-13(17-11)18-12-6-9(15)5-10(16)7-12/h3-7H,2H2,1H3,(H,17,18)(H,19,20). The predicted octanol–water partition coefficient (Wildman–Crippen LogP) is 3.88. The fourth-order valence-electron chi connectivity index (χ4n) is 1.73. The van der Waals surface area contributed by atoms with Crippen LogP contribution in [0.4, 0.5) is 15.9 Å². The number of hydrogen-bond donors (Lipinski definition) is 2. The Morgan fingerprint density at radius 3 is 2.70 bits per heavy atom. The van der Waals surface area contributed by atoms with E-state index < -0.39 is 11.8 Å². The van der Waals surface area contributed by atoms with E-state index in [1.54, 1.807) is 0 Å². The summed E-state index contributed by atoms with van der Waals surface area (Å²) in [6.45, 7) is 1.87. The first-order chi connectivity index (χ1) is 9.47. The van der Waals surface area contributed by atoms with Crippen LogP contribution < -0.4 is 5.32 Å². The number of rotatable bonds is 4. The molecule has 0 radical (unpaired) electrons. The molecule has 0 atom stereocenters. The van der Waals surface area contributed by atoms with E-state index in [0.717, 1.165) is 0 Å². The number of nitrogens with zero attached hydrogens (tertiary/aromatic N) is 1. The number of anilines is 2. The Morgan fingerprint density at radius 1 is 1.35 bits per heavy atom. The van der Waals surface area contributed by atoms with Gasteiger partial charge in [-0.05, 0) is 36.8 Å². The van der Waals surface area contributed by atoms with Crippen molar-refractivity contribution in [2.75, 3.05) is 5.32 Å². The summed E-state index contributed by atoms with van der Waals surface area (Å²) < 4.78 is 13.2. The Bertz CT molecular complexity index is 641. The van der Waals surface area contributed by atoms with E-state index in [-0.39, 0.29) is 10.6 Å². The Balaban J connectivity index is 2.37. The van der Waals surface area contributed by atoms with Crippen LogP contribution in [0.5, 0.6) is 0 Å². The van der Waals surface area contributed by atoms with Gasteiger partial charge in [-0.25, -0.2) is 14.2 Å². The van der Waals surface area contributed by atoms with Crippen LogP contribution in [0.1, 0.15) is 23.0 Å². The Kier molecular flexibility index (Phi) is 4.20. The number of carboxylic acid groups (broad SMARTS) is 1. The van der Waals surface area contributed by atoms with E-state index in [1.807, 2.05) is 6.92 Å². The van der Waals surface area contributed by atoms with Crippen molar-refractivity contribution >= 4 is 29.1 Å². The molecule has 0 aliphatic carbocycles. The number of pyridine rings is 1. The second-order valence-electron chi connectivity index (χ2n) is 4.17. The molecule has 0 bridgehead atoms. The van der Waals surface area contributed by atoms with Crippen LogP contribution in [-0.2, 0) is 6.42 Å². The molecule has 0 saturated carbocycles. The lowest BCUT2D eigenvalue weighted by atomic mass is 10.2. The molecule has 104 valence electrons. The molecule has 2 rings (SSSR count). The van der Waals surface area contributed by atoms with Crippen molar-refractivity contribution in [2.45, 2.75) is 13.3 Å². The maximum atomic E-state index is 13.2. The van der Waals surface area contributed by atoms with Gasteiger partial charge in [-0.15, -0.1) is 0 Å². The van der Waals surface area contributed by atoms with Crippen molar-refractivity contribution in [1.82, 2.24) is 4.98 Å². The zero-order valence-corrected chi connectivity index (χ0v) is 11.4. The summed E-state index contributed by atoms with van der Waals surface area (Å²) in [5.41, 5.74) is 1.17. The first-order valence-corrected chi connectivity index (χ1v) is 6.33. The number of benzene rings is 1. The SMILES string of the molecule is CCc1cc(C(=O)O)cc(Nc2cc(F)cc(Cl)c2)n1. The van der Waals surface area contributed by atoms with Crippen LogP contribution in [0.2, 0.25) is 5.02 Å². The maximum absolute atomic E-state index is 13.2. The van der Waals surface area contributed by atoms with E-state index in [4.69, 9.17) is 16.7 Å². The molecule has 0 unspecified atom stereocenters. The van der Waals surface area contributed by atoms with Gasteiger partial charge < -0.3 is 10.4 Å². The lowest BCUT2D eigenvalue weighted by molar-refractivity contribution is 0.0696. The van der Waals surface area contributed by atoms with Crippen LogP contribution in [0.15, 0.2) is 30.3 Å². The van der Waals surface area contributed by atoms with E-state index in [2.05, 4.69) is 10.3 Å². The second-order valence-corrected chi connectivity index (χ2v) is 4.61. The molecule has 1 heterocycles. The van der Waals surface area contributed by atoms with Crippen molar-refractivity contribution < 1.29 is 14.3 Å². The summed E-state index contributed by atoms with van der Waals surface area (Å²) in [7, 11) is 0. The van der Waals surface area contributed by atoms with Crippen LogP contribution >= 0.6 is 11.6 Å². The first-order valence-electron chi connectivity index (χ1n) is 5.95. The van der Waals surface area contributed by atoms with Crippen LogP contribution in [0.25, 0.3) is 0 Å². The summed E-state index contributed by atoms with van der Waals surface area (Å²) in [5, 5.41) is 12.2.